The van der Waals surface area contributed by atoms with Gasteiger partial charge in [0.15, 0.2) is 0 Å². The predicted octanol–water partition coefficient (Wildman–Crippen LogP) is 2.75. The lowest BCUT2D eigenvalue weighted by atomic mass is 9.93. The lowest BCUT2D eigenvalue weighted by Gasteiger charge is -2.31. The highest BCUT2D eigenvalue weighted by molar-refractivity contribution is 7.99. The van der Waals surface area contributed by atoms with E-state index in [4.69, 9.17) is 11.6 Å². The van der Waals surface area contributed by atoms with Crippen LogP contribution in [0.4, 0.5) is 0 Å². The quantitative estimate of drug-likeness (QED) is 0.895. The molecule has 2 fully saturated rings. The standard InChI is InChI=1S/C16H20ClNO2S/c17-13-4-2-1-3-12(13)15(5-6-15)11-18-14(19)16(20)7-9-21-10-8-16/h1-4,20H,5-11H2,(H,18,19). The second-order valence-corrected chi connectivity index (χ2v) is 7.72. The SMILES string of the molecule is O=C(NCC1(c2ccccc2Cl)CC1)C1(O)CCSCC1. The minimum Gasteiger partial charge on any atom is -0.380 e. The Balaban J connectivity index is 1.65. The molecule has 2 N–H and O–H groups in total. The van der Waals surface area contributed by atoms with Gasteiger partial charge in [-0.2, -0.15) is 11.8 Å². The zero-order valence-corrected chi connectivity index (χ0v) is 13.5. The Hall–Kier alpha value is -0.710. The molecule has 1 amide bonds. The highest BCUT2D eigenvalue weighted by Crippen LogP contribution is 2.50. The highest BCUT2D eigenvalue weighted by atomic mass is 35.5. The third kappa shape index (κ3) is 3.08. The van der Waals surface area contributed by atoms with E-state index in [1.807, 2.05) is 24.3 Å². The van der Waals surface area contributed by atoms with Crippen molar-refractivity contribution < 1.29 is 9.90 Å². The van der Waals surface area contributed by atoms with Crippen molar-refractivity contribution in [1.29, 1.82) is 0 Å². The second-order valence-electron chi connectivity index (χ2n) is 6.09. The van der Waals surface area contributed by atoms with Crippen LogP contribution in [0, 0.1) is 0 Å². The molecule has 0 unspecified atom stereocenters. The maximum absolute atomic E-state index is 12.3. The lowest BCUT2D eigenvalue weighted by molar-refractivity contribution is -0.140. The average molecular weight is 326 g/mol. The van der Waals surface area contributed by atoms with Crippen molar-refractivity contribution in [2.75, 3.05) is 18.1 Å². The molecule has 5 heteroatoms. The van der Waals surface area contributed by atoms with E-state index in [1.54, 1.807) is 11.8 Å². The van der Waals surface area contributed by atoms with Crippen LogP contribution in [-0.2, 0) is 10.2 Å². The van der Waals surface area contributed by atoms with Crippen molar-refractivity contribution in [3.05, 3.63) is 34.9 Å². The fourth-order valence-electron chi connectivity index (χ4n) is 2.93. The topological polar surface area (TPSA) is 49.3 Å². The lowest BCUT2D eigenvalue weighted by Crippen LogP contribution is -2.50. The minimum atomic E-state index is -1.18. The molecule has 2 aliphatic rings. The number of hydrogen-bond acceptors (Lipinski definition) is 3. The highest BCUT2D eigenvalue weighted by Gasteiger charge is 2.47. The summed E-state index contributed by atoms with van der Waals surface area (Å²) < 4.78 is 0. The fourth-order valence-corrected chi connectivity index (χ4v) is 4.44. The van der Waals surface area contributed by atoms with Gasteiger partial charge in [0.05, 0.1) is 0 Å². The summed E-state index contributed by atoms with van der Waals surface area (Å²) in [7, 11) is 0. The number of rotatable bonds is 4. The van der Waals surface area contributed by atoms with Crippen LogP contribution in [0.25, 0.3) is 0 Å². The molecule has 1 aromatic carbocycles. The van der Waals surface area contributed by atoms with Crippen LogP contribution in [0.1, 0.15) is 31.2 Å². The molecule has 1 heterocycles. The summed E-state index contributed by atoms with van der Waals surface area (Å²) in [4.78, 5) is 12.3. The predicted molar refractivity (Wildman–Crippen MR) is 86.9 cm³/mol. The molecule has 1 aromatic rings. The van der Waals surface area contributed by atoms with Crippen molar-refractivity contribution in [1.82, 2.24) is 5.32 Å². The monoisotopic (exact) mass is 325 g/mol. The normalized spacial score (nSPS) is 22.6. The summed E-state index contributed by atoms with van der Waals surface area (Å²) in [5, 5.41) is 14.2. The molecule has 0 aromatic heterocycles. The molecular weight excluding hydrogens is 306 g/mol. The summed E-state index contributed by atoms with van der Waals surface area (Å²) >= 11 is 8.07. The Kier molecular flexibility index (Phi) is 4.21. The summed E-state index contributed by atoms with van der Waals surface area (Å²) in [6.45, 7) is 0.561. The van der Waals surface area contributed by atoms with Crippen LogP contribution in [0.2, 0.25) is 5.02 Å². The zero-order chi connectivity index (χ0) is 14.9. The number of benzene rings is 1. The van der Waals surface area contributed by atoms with Crippen molar-refractivity contribution in [2.24, 2.45) is 0 Å². The first-order valence-corrected chi connectivity index (χ1v) is 8.93. The van der Waals surface area contributed by atoms with Crippen LogP contribution < -0.4 is 5.32 Å². The number of thioether (sulfide) groups is 1. The molecule has 0 spiro atoms. The Morgan fingerprint density at radius 1 is 1.24 bits per heavy atom. The van der Waals surface area contributed by atoms with Gasteiger partial charge >= 0.3 is 0 Å². The van der Waals surface area contributed by atoms with E-state index < -0.39 is 5.60 Å². The van der Waals surface area contributed by atoms with Gasteiger partial charge in [-0.05, 0) is 48.8 Å². The van der Waals surface area contributed by atoms with E-state index in [2.05, 4.69) is 5.32 Å². The van der Waals surface area contributed by atoms with Crippen LogP contribution in [0.5, 0.6) is 0 Å². The largest absolute Gasteiger partial charge is 0.380 e. The first kappa shape index (κ1) is 15.2. The van der Waals surface area contributed by atoms with Gasteiger partial charge in [-0.15, -0.1) is 0 Å². The molecule has 3 rings (SSSR count). The van der Waals surface area contributed by atoms with Crippen molar-refractivity contribution in [2.45, 2.75) is 36.7 Å². The van der Waals surface area contributed by atoms with Gasteiger partial charge < -0.3 is 10.4 Å². The van der Waals surface area contributed by atoms with Gasteiger partial charge in [0.1, 0.15) is 5.60 Å². The second kappa shape index (κ2) is 5.82. The smallest absolute Gasteiger partial charge is 0.252 e. The Morgan fingerprint density at radius 3 is 2.52 bits per heavy atom. The summed E-state index contributed by atoms with van der Waals surface area (Å²) in [6, 6.07) is 7.83. The van der Waals surface area contributed by atoms with Crippen LogP contribution in [0.15, 0.2) is 24.3 Å². The third-order valence-electron chi connectivity index (χ3n) is 4.63. The molecule has 0 radical (unpaired) electrons. The Labute approximate surface area is 134 Å². The van der Waals surface area contributed by atoms with E-state index in [1.165, 1.54) is 0 Å². The summed E-state index contributed by atoms with van der Waals surface area (Å²) in [6.07, 6.45) is 3.15. The maximum atomic E-state index is 12.3. The molecule has 1 saturated heterocycles. The van der Waals surface area contributed by atoms with E-state index in [9.17, 15) is 9.90 Å². The van der Waals surface area contributed by atoms with Gasteiger partial charge in [-0.3, -0.25) is 4.79 Å². The van der Waals surface area contributed by atoms with E-state index in [0.717, 1.165) is 34.9 Å². The van der Waals surface area contributed by atoms with E-state index >= 15 is 0 Å². The maximum Gasteiger partial charge on any atom is 0.252 e. The van der Waals surface area contributed by atoms with Gasteiger partial charge in [0.2, 0.25) is 0 Å². The van der Waals surface area contributed by atoms with Crippen LogP contribution >= 0.6 is 23.4 Å². The van der Waals surface area contributed by atoms with Gasteiger partial charge in [-0.25, -0.2) is 0 Å². The number of nitrogens with one attached hydrogen (secondary N) is 1. The molecular formula is C16H20ClNO2S. The van der Waals surface area contributed by atoms with Crippen LogP contribution in [-0.4, -0.2) is 34.7 Å². The van der Waals surface area contributed by atoms with Crippen molar-refractivity contribution in [3.63, 3.8) is 0 Å². The molecule has 0 bridgehead atoms. The zero-order valence-electron chi connectivity index (χ0n) is 11.9. The third-order valence-corrected chi connectivity index (χ3v) is 5.94. The molecule has 1 aliphatic carbocycles. The number of aliphatic hydroxyl groups is 1. The Morgan fingerprint density at radius 2 is 1.90 bits per heavy atom. The number of carbonyl (C=O) groups excluding carboxylic acids is 1. The first-order chi connectivity index (χ1) is 10.1. The van der Waals surface area contributed by atoms with E-state index in [0.29, 0.717) is 19.4 Å². The number of hydrogen-bond donors (Lipinski definition) is 2. The number of halogens is 1. The summed E-state index contributed by atoms with van der Waals surface area (Å²) in [5.74, 6) is 1.47. The first-order valence-electron chi connectivity index (χ1n) is 7.39. The molecule has 0 atom stereocenters. The van der Waals surface area contributed by atoms with Crippen LogP contribution in [0.3, 0.4) is 0 Å². The number of carbonyl (C=O) groups is 1. The number of amides is 1. The van der Waals surface area contributed by atoms with Gasteiger partial charge in [0.25, 0.3) is 5.91 Å². The van der Waals surface area contributed by atoms with Crippen molar-refractivity contribution in [3.8, 4) is 0 Å². The molecule has 3 nitrogen and oxygen atoms in total. The summed E-state index contributed by atoms with van der Waals surface area (Å²) in [5.41, 5.74) is -0.103. The van der Waals surface area contributed by atoms with E-state index in [-0.39, 0.29) is 11.3 Å². The molecule has 1 saturated carbocycles. The van der Waals surface area contributed by atoms with Gasteiger partial charge in [0, 0.05) is 17.0 Å². The van der Waals surface area contributed by atoms with Crippen molar-refractivity contribution >= 4 is 29.3 Å². The minimum absolute atomic E-state index is 0.0339. The molecule has 21 heavy (non-hydrogen) atoms. The van der Waals surface area contributed by atoms with Gasteiger partial charge in [-0.1, -0.05) is 29.8 Å². The molecule has 1 aliphatic heterocycles. The Bertz CT molecular complexity index is 539. The fraction of sp³-hybridized carbons (Fsp3) is 0.562. The molecule has 114 valence electrons. The average Bonchev–Trinajstić information content (AvgIpc) is 3.27.